The van der Waals surface area contributed by atoms with Crippen molar-refractivity contribution in [3.63, 3.8) is 0 Å². The lowest BCUT2D eigenvalue weighted by Crippen LogP contribution is -2.00. The molecule has 2 N–H and O–H groups in total. The SMILES string of the molecule is CCc1cc2c(cc1CCCCN)OCO2. The van der Waals surface area contributed by atoms with Crippen LogP contribution in [0.5, 0.6) is 11.5 Å². The fraction of sp³-hybridized carbons (Fsp3) is 0.538. The van der Waals surface area contributed by atoms with Gasteiger partial charge in [-0.1, -0.05) is 6.92 Å². The monoisotopic (exact) mass is 221 g/mol. The van der Waals surface area contributed by atoms with Crippen LogP contribution < -0.4 is 15.2 Å². The molecule has 3 nitrogen and oxygen atoms in total. The van der Waals surface area contributed by atoms with E-state index in [-0.39, 0.29) is 0 Å². The first-order valence-corrected chi connectivity index (χ1v) is 5.96. The van der Waals surface area contributed by atoms with Gasteiger partial charge in [-0.3, -0.25) is 0 Å². The number of benzene rings is 1. The van der Waals surface area contributed by atoms with Crippen LogP contribution in [0.3, 0.4) is 0 Å². The third kappa shape index (κ3) is 2.30. The zero-order valence-electron chi connectivity index (χ0n) is 9.79. The van der Waals surface area contributed by atoms with Gasteiger partial charge in [0.1, 0.15) is 0 Å². The van der Waals surface area contributed by atoms with Crippen LogP contribution in [0, 0.1) is 0 Å². The topological polar surface area (TPSA) is 44.5 Å². The van der Waals surface area contributed by atoms with Gasteiger partial charge in [-0.05, 0) is 55.5 Å². The molecule has 0 spiro atoms. The molecular weight excluding hydrogens is 202 g/mol. The first-order chi connectivity index (χ1) is 7.85. The average Bonchev–Trinajstić information content (AvgIpc) is 2.75. The van der Waals surface area contributed by atoms with Gasteiger partial charge >= 0.3 is 0 Å². The molecule has 0 amide bonds. The van der Waals surface area contributed by atoms with Crippen LogP contribution in [0.25, 0.3) is 0 Å². The van der Waals surface area contributed by atoms with Gasteiger partial charge in [0.15, 0.2) is 11.5 Å². The number of aryl methyl sites for hydroxylation is 2. The Labute approximate surface area is 96.5 Å². The van der Waals surface area contributed by atoms with E-state index in [0.717, 1.165) is 43.7 Å². The lowest BCUT2D eigenvalue weighted by Gasteiger charge is -2.09. The third-order valence-corrected chi connectivity index (χ3v) is 2.98. The summed E-state index contributed by atoms with van der Waals surface area (Å²) in [6, 6.07) is 4.23. The molecule has 0 saturated carbocycles. The maximum Gasteiger partial charge on any atom is 0.231 e. The molecule has 1 aliphatic heterocycles. The van der Waals surface area contributed by atoms with E-state index in [2.05, 4.69) is 19.1 Å². The number of hydrogen-bond donors (Lipinski definition) is 1. The number of nitrogens with two attached hydrogens (primary N) is 1. The number of rotatable bonds is 5. The second kappa shape index (κ2) is 5.21. The Morgan fingerprint density at radius 3 is 2.44 bits per heavy atom. The van der Waals surface area contributed by atoms with Crippen molar-refractivity contribution < 1.29 is 9.47 Å². The minimum Gasteiger partial charge on any atom is -0.454 e. The van der Waals surface area contributed by atoms with Crippen LogP contribution in [0.4, 0.5) is 0 Å². The van der Waals surface area contributed by atoms with Gasteiger partial charge in [0.25, 0.3) is 0 Å². The van der Waals surface area contributed by atoms with Crippen molar-refractivity contribution in [2.45, 2.75) is 32.6 Å². The molecule has 1 aliphatic rings. The molecule has 0 aromatic heterocycles. The zero-order valence-corrected chi connectivity index (χ0v) is 9.79. The molecule has 1 aromatic rings. The van der Waals surface area contributed by atoms with Crippen molar-refractivity contribution >= 4 is 0 Å². The molecule has 0 bridgehead atoms. The number of unbranched alkanes of at least 4 members (excludes halogenated alkanes) is 1. The lowest BCUT2D eigenvalue weighted by atomic mass is 9.99. The summed E-state index contributed by atoms with van der Waals surface area (Å²) in [5.41, 5.74) is 8.25. The highest BCUT2D eigenvalue weighted by molar-refractivity contribution is 5.48. The van der Waals surface area contributed by atoms with Crippen molar-refractivity contribution in [2.75, 3.05) is 13.3 Å². The Morgan fingerprint density at radius 1 is 1.12 bits per heavy atom. The maximum absolute atomic E-state index is 5.51. The molecule has 0 saturated heterocycles. The van der Waals surface area contributed by atoms with Crippen LogP contribution in [-0.4, -0.2) is 13.3 Å². The molecule has 0 aliphatic carbocycles. The fourth-order valence-electron chi connectivity index (χ4n) is 2.05. The molecule has 1 aromatic carbocycles. The molecule has 0 unspecified atom stereocenters. The van der Waals surface area contributed by atoms with Crippen LogP contribution >= 0.6 is 0 Å². The molecule has 0 fully saturated rings. The van der Waals surface area contributed by atoms with Crippen molar-refractivity contribution in [1.29, 1.82) is 0 Å². The minimum atomic E-state index is 0.352. The van der Waals surface area contributed by atoms with Gasteiger partial charge in [0, 0.05) is 0 Å². The van der Waals surface area contributed by atoms with Gasteiger partial charge in [0.2, 0.25) is 6.79 Å². The van der Waals surface area contributed by atoms with Crippen molar-refractivity contribution in [1.82, 2.24) is 0 Å². The molecule has 0 atom stereocenters. The Bertz CT molecular complexity index is 363. The van der Waals surface area contributed by atoms with E-state index in [1.165, 1.54) is 11.1 Å². The maximum atomic E-state index is 5.51. The Balaban J connectivity index is 2.15. The van der Waals surface area contributed by atoms with E-state index >= 15 is 0 Å². The Hall–Kier alpha value is -1.22. The van der Waals surface area contributed by atoms with Crippen molar-refractivity contribution in [2.24, 2.45) is 5.73 Å². The second-order valence-electron chi connectivity index (χ2n) is 4.07. The van der Waals surface area contributed by atoms with Crippen LogP contribution in [0.15, 0.2) is 12.1 Å². The Kier molecular flexibility index (Phi) is 3.67. The van der Waals surface area contributed by atoms with E-state index in [9.17, 15) is 0 Å². The van der Waals surface area contributed by atoms with E-state index in [4.69, 9.17) is 15.2 Å². The minimum absolute atomic E-state index is 0.352. The van der Waals surface area contributed by atoms with Crippen LogP contribution in [0.1, 0.15) is 30.9 Å². The number of ether oxygens (including phenoxy) is 2. The molecule has 88 valence electrons. The van der Waals surface area contributed by atoms with Gasteiger partial charge in [-0.2, -0.15) is 0 Å². The summed E-state index contributed by atoms with van der Waals surface area (Å²) in [6.07, 6.45) is 4.34. The summed E-state index contributed by atoms with van der Waals surface area (Å²) < 4.78 is 10.8. The largest absolute Gasteiger partial charge is 0.454 e. The number of hydrogen-bond acceptors (Lipinski definition) is 3. The lowest BCUT2D eigenvalue weighted by molar-refractivity contribution is 0.174. The molecule has 1 heterocycles. The molecule has 16 heavy (non-hydrogen) atoms. The third-order valence-electron chi connectivity index (χ3n) is 2.98. The average molecular weight is 221 g/mol. The normalized spacial score (nSPS) is 13.1. The van der Waals surface area contributed by atoms with E-state index in [1.807, 2.05) is 0 Å². The van der Waals surface area contributed by atoms with Crippen molar-refractivity contribution in [3.05, 3.63) is 23.3 Å². The summed E-state index contributed by atoms with van der Waals surface area (Å²) in [5.74, 6) is 1.78. The smallest absolute Gasteiger partial charge is 0.231 e. The van der Waals surface area contributed by atoms with Gasteiger partial charge in [0.05, 0.1) is 0 Å². The number of fused-ring (bicyclic) bond motifs is 1. The van der Waals surface area contributed by atoms with E-state index < -0.39 is 0 Å². The molecule has 3 heteroatoms. The highest BCUT2D eigenvalue weighted by Gasteiger charge is 2.16. The van der Waals surface area contributed by atoms with Crippen LogP contribution in [0.2, 0.25) is 0 Å². The van der Waals surface area contributed by atoms with E-state index in [0.29, 0.717) is 6.79 Å². The Morgan fingerprint density at radius 2 is 1.81 bits per heavy atom. The second-order valence-corrected chi connectivity index (χ2v) is 4.07. The summed E-state index contributed by atoms with van der Waals surface area (Å²) >= 11 is 0. The summed E-state index contributed by atoms with van der Waals surface area (Å²) in [7, 11) is 0. The van der Waals surface area contributed by atoms with Crippen molar-refractivity contribution in [3.8, 4) is 11.5 Å². The molecular formula is C13H19NO2. The fourth-order valence-corrected chi connectivity index (χ4v) is 2.05. The predicted octanol–water partition coefficient (Wildman–Crippen LogP) is 2.26. The van der Waals surface area contributed by atoms with E-state index in [1.54, 1.807) is 0 Å². The molecule has 2 rings (SSSR count). The van der Waals surface area contributed by atoms with Gasteiger partial charge in [-0.25, -0.2) is 0 Å². The highest BCUT2D eigenvalue weighted by Crippen LogP contribution is 2.35. The standard InChI is InChI=1S/C13H19NO2/c1-2-10-7-12-13(16-9-15-12)8-11(10)5-3-4-6-14/h7-8H,2-6,9,14H2,1H3. The van der Waals surface area contributed by atoms with Gasteiger partial charge in [-0.15, -0.1) is 0 Å². The quantitative estimate of drug-likeness (QED) is 0.776. The zero-order chi connectivity index (χ0) is 11.4. The van der Waals surface area contributed by atoms with Gasteiger partial charge < -0.3 is 15.2 Å². The first kappa shape index (κ1) is 11.3. The summed E-state index contributed by atoms with van der Waals surface area (Å²) in [6.45, 7) is 3.29. The molecule has 0 radical (unpaired) electrons. The predicted molar refractivity (Wildman–Crippen MR) is 63.9 cm³/mol. The van der Waals surface area contributed by atoms with Crippen LogP contribution in [-0.2, 0) is 12.8 Å². The summed E-state index contributed by atoms with van der Waals surface area (Å²) in [5, 5.41) is 0. The summed E-state index contributed by atoms with van der Waals surface area (Å²) in [4.78, 5) is 0. The highest BCUT2D eigenvalue weighted by atomic mass is 16.7. The first-order valence-electron chi connectivity index (χ1n) is 5.96.